The van der Waals surface area contributed by atoms with Gasteiger partial charge in [0.2, 0.25) is 5.91 Å². The van der Waals surface area contributed by atoms with Gasteiger partial charge in [0.15, 0.2) is 4.34 Å². The Bertz CT molecular complexity index is 1520. The lowest BCUT2D eigenvalue weighted by Gasteiger charge is -2.22. The number of fused-ring (bicyclic) bond motifs is 1. The van der Waals surface area contributed by atoms with Gasteiger partial charge in [-0.1, -0.05) is 49.9 Å². The van der Waals surface area contributed by atoms with Crippen molar-refractivity contribution in [1.82, 2.24) is 21.2 Å². The number of amides is 4. The summed E-state index contributed by atoms with van der Waals surface area (Å²) in [6.45, 7) is 3.54. The molecule has 0 radical (unpaired) electrons. The Kier molecular flexibility index (Phi) is 9.93. The molecule has 1 heterocycles. The molecule has 212 valence electrons. The minimum atomic E-state index is -0.954. The van der Waals surface area contributed by atoms with Crippen molar-refractivity contribution in [2.45, 2.75) is 24.2 Å². The Morgan fingerprint density at radius 3 is 2.32 bits per heavy atom. The van der Waals surface area contributed by atoms with E-state index in [1.165, 1.54) is 30.2 Å². The van der Waals surface area contributed by atoms with Crippen LogP contribution < -0.4 is 26.2 Å². The lowest BCUT2D eigenvalue weighted by atomic mass is 10.0. The van der Waals surface area contributed by atoms with E-state index in [4.69, 9.17) is 4.74 Å². The molecule has 4 amide bonds. The van der Waals surface area contributed by atoms with Crippen LogP contribution in [0.2, 0.25) is 0 Å². The summed E-state index contributed by atoms with van der Waals surface area (Å²) >= 11 is 2.76. The maximum atomic E-state index is 13.2. The second-order valence-electron chi connectivity index (χ2n) is 9.20. The van der Waals surface area contributed by atoms with E-state index in [0.29, 0.717) is 11.3 Å². The zero-order chi connectivity index (χ0) is 29.4. The summed E-state index contributed by atoms with van der Waals surface area (Å²) in [4.78, 5) is 55.7. The number of carbonyl (C=O) groups is 4. The molecule has 12 heteroatoms. The fourth-order valence-electron chi connectivity index (χ4n) is 3.77. The van der Waals surface area contributed by atoms with E-state index < -0.39 is 29.7 Å². The number of para-hydroxylation sites is 2. The minimum absolute atomic E-state index is 0.0556. The molecule has 4 N–H and O–H groups in total. The number of thioether (sulfide) groups is 1. The van der Waals surface area contributed by atoms with E-state index in [9.17, 15) is 19.2 Å². The van der Waals surface area contributed by atoms with Crippen molar-refractivity contribution >= 4 is 62.6 Å². The molecule has 4 aromatic rings. The number of aromatic nitrogens is 1. The third-order valence-corrected chi connectivity index (χ3v) is 8.11. The van der Waals surface area contributed by atoms with E-state index in [0.717, 1.165) is 14.6 Å². The number of hydrogen-bond acceptors (Lipinski definition) is 8. The van der Waals surface area contributed by atoms with Crippen molar-refractivity contribution < 1.29 is 23.9 Å². The second-order valence-corrected chi connectivity index (χ2v) is 11.5. The van der Waals surface area contributed by atoms with Gasteiger partial charge in [-0.25, -0.2) is 4.98 Å². The lowest BCUT2D eigenvalue weighted by Crippen LogP contribution is -2.54. The van der Waals surface area contributed by atoms with Crippen molar-refractivity contribution in [1.29, 1.82) is 0 Å². The van der Waals surface area contributed by atoms with Crippen molar-refractivity contribution in [3.05, 3.63) is 83.9 Å². The summed E-state index contributed by atoms with van der Waals surface area (Å²) < 4.78 is 6.90. The first-order valence-corrected chi connectivity index (χ1v) is 14.5. The van der Waals surface area contributed by atoms with Crippen LogP contribution in [0.5, 0.6) is 5.75 Å². The number of nitrogens with zero attached hydrogens (tertiary/aromatic N) is 1. The first kappa shape index (κ1) is 29.6. The maximum absolute atomic E-state index is 13.2. The highest BCUT2D eigenvalue weighted by Crippen LogP contribution is 2.29. The number of benzene rings is 3. The average Bonchev–Trinajstić information content (AvgIpc) is 3.40. The minimum Gasteiger partial charge on any atom is -0.497 e. The third-order valence-electron chi connectivity index (χ3n) is 5.93. The van der Waals surface area contributed by atoms with Gasteiger partial charge in [-0.2, -0.15) is 0 Å². The number of methoxy groups -OCH3 is 1. The second kappa shape index (κ2) is 13.8. The molecule has 0 saturated heterocycles. The number of carbonyl (C=O) groups excluding carboxylic acids is 4. The highest BCUT2D eigenvalue weighted by atomic mass is 32.2. The summed E-state index contributed by atoms with van der Waals surface area (Å²) in [5, 5.41) is 5.46. The molecule has 41 heavy (non-hydrogen) atoms. The quantitative estimate of drug-likeness (QED) is 0.160. The van der Waals surface area contributed by atoms with E-state index in [2.05, 4.69) is 26.5 Å². The van der Waals surface area contributed by atoms with Crippen molar-refractivity contribution in [3.8, 4) is 5.75 Å². The van der Waals surface area contributed by atoms with Crippen molar-refractivity contribution in [2.75, 3.05) is 18.2 Å². The predicted molar refractivity (Wildman–Crippen MR) is 160 cm³/mol. The first-order valence-electron chi connectivity index (χ1n) is 12.7. The number of hydrogen-bond donors (Lipinski definition) is 4. The molecular weight excluding hydrogens is 562 g/mol. The summed E-state index contributed by atoms with van der Waals surface area (Å²) in [6.07, 6.45) is 0. The Balaban J connectivity index is 1.33. The molecule has 0 aliphatic rings. The number of ether oxygens (including phenoxy) is 1. The van der Waals surface area contributed by atoms with E-state index in [1.807, 2.05) is 24.3 Å². The first-order chi connectivity index (χ1) is 19.7. The molecule has 4 rings (SSSR count). The highest BCUT2D eigenvalue weighted by molar-refractivity contribution is 8.01. The van der Waals surface area contributed by atoms with Crippen LogP contribution in [0.25, 0.3) is 10.2 Å². The largest absolute Gasteiger partial charge is 0.497 e. The smallest absolute Gasteiger partial charge is 0.261 e. The predicted octanol–water partition coefficient (Wildman–Crippen LogP) is 4.25. The van der Waals surface area contributed by atoms with Gasteiger partial charge in [0.25, 0.3) is 17.7 Å². The molecule has 0 aliphatic carbocycles. The molecule has 0 spiro atoms. The van der Waals surface area contributed by atoms with E-state index in [1.54, 1.807) is 62.4 Å². The van der Waals surface area contributed by atoms with Gasteiger partial charge in [-0.3, -0.25) is 30.0 Å². The van der Waals surface area contributed by atoms with Crippen LogP contribution in [0.4, 0.5) is 5.69 Å². The molecule has 0 saturated carbocycles. The number of anilines is 1. The molecule has 1 unspecified atom stereocenters. The molecule has 1 aromatic heterocycles. The van der Waals surface area contributed by atoms with Crippen molar-refractivity contribution in [3.63, 3.8) is 0 Å². The number of rotatable bonds is 10. The topological polar surface area (TPSA) is 139 Å². The molecule has 10 nitrogen and oxygen atoms in total. The molecule has 0 bridgehead atoms. The zero-order valence-corrected chi connectivity index (χ0v) is 24.2. The van der Waals surface area contributed by atoms with Crippen LogP contribution in [-0.2, 0) is 9.59 Å². The van der Waals surface area contributed by atoms with Crippen LogP contribution in [0.3, 0.4) is 0 Å². The summed E-state index contributed by atoms with van der Waals surface area (Å²) in [5.74, 6) is -1.58. The average molecular weight is 592 g/mol. The summed E-state index contributed by atoms with van der Waals surface area (Å²) in [6, 6.07) is 19.8. The number of thiazole rings is 1. The Morgan fingerprint density at radius 1 is 0.902 bits per heavy atom. The van der Waals surface area contributed by atoms with Crippen LogP contribution >= 0.6 is 23.1 Å². The lowest BCUT2D eigenvalue weighted by molar-refractivity contribution is -0.129. The van der Waals surface area contributed by atoms with Crippen LogP contribution in [-0.4, -0.2) is 47.5 Å². The van der Waals surface area contributed by atoms with Crippen LogP contribution in [0.15, 0.2) is 77.1 Å². The zero-order valence-electron chi connectivity index (χ0n) is 22.6. The maximum Gasteiger partial charge on any atom is 0.261 e. The SMILES string of the molecule is COc1ccc(C(=O)Nc2ccccc2C(=O)NC(C(=O)NNC(=O)CSc2nc3ccccc3s2)C(C)C)cc1. The molecule has 0 aliphatic heterocycles. The van der Waals surface area contributed by atoms with Gasteiger partial charge >= 0.3 is 0 Å². The van der Waals surface area contributed by atoms with Crippen molar-refractivity contribution in [2.24, 2.45) is 5.92 Å². The van der Waals surface area contributed by atoms with Gasteiger partial charge in [0.05, 0.1) is 34.3 Å². The molecule has 0 fully saturated rings. The number of nitrogens with one attached hydrogen (secondary N) is 4. The standard InChI is InChI=1S/C29H29N5O5S2/c1-17(2)25(28(38)34-33-24(35)16-40-29-31-22-10-6-7-11-23(22)41-29)32-27(37)20-8-4-5-9-21(20)30-26(36)18-12-14-19(39-3)15-13-18/h4-15,17,25H,16H2,1-3H3,(H,30,36)(H,32,37)(H,33,35)(H,34,38). The Morgan fingerprint density at radius 2 is 1.61 bits per heavy atom. The van der Waals surface area contributed by atoms with Gasteiger partial charge in [0, 0.05) is 5.56 Å². The fraction of sp³-hybridized carbons (Fsp3) is 0.207. The van der Waals surface area contributed by atoms with Gasteiger partial charge < -0.3 is 15.4 Å². The van der Waals surface area contributed by atoms with Gasteiger partial charge in [0.1, 0.15) is 11.8 Å². The molecule has 1 atom stereocenters. The molecular formula is C29H29N5O5S2. The number of hydrazine groups is 1. The van der Waals surface area contributed by atoms with E-state index >= 15 is 0 Å². The summed E-state index contributed by atoms with van der Waals surface area (Å²) in [7, 11) is 1.53. The Hall–Kier alpha value is -4.42. The third kappa shape index (κ3) is 7.83. The van der Waals surface area contributed by atoms with Gasteiger partial charge in [-0.15, -0.1) is 11.3 Å². The molecule has 3 aromatic carbocycles. The van der Waals surface area contributed by atoms with Crippen LogP contribution in [0.1, 0.15) is 34.6 Å². The monoisotopic (exact) mass is 591 g/mol. The highest BCUT2D eigenvalue weighted by Gasteiger charge is 2.26. The normalized spacial score (nSPS) is 11.5. The van der Waals surface area contributed by atoms with Crippen LogP contribution in [0, 0.1) is 5.92 Å². The van der Waals surface area contributed by atoms with E-state index in [-0.39, 0.29) is 22.9 Å². The Labute approximate surface area is 245 Å². The summed E-state index contributed by atoms with van der Waals surface area (Å²) in [5.41, 5.74) is 6.52. The fourth-order valence-corrected chi connectivity index (χ4v) is 5.63. The van der Waals surface area contributed by atoms with Gasteiger partial charge in [-0.05, 0) is 54.4 Å².